The minimum Gasteiger partial charge on any atom is -0.326 e. The van der Waals surface area contributed by atoms with Crippen LogP contribution in [-0.4, -0.2) is 74.8 Å². The lowest BCUT2D eigenvalue weighted by molar-refractivity contribution is -0.115. The van der Waals surface area contributed by atoms with Gasteiger partial charge in [-0.1, -0.05) is 36.4 Å². The predicted molar refractivity (Wildman–Crippen MR) is 190 cm³/mol. The van der Waals surface area contributed by atoms with Gasteiger partial charge in [-0.25, -0.2) is 15.0 Å². The number of imidazole rings is 1. The Kier molecular flexibility index (Phi) is 9.05. The topological polar surface area (TPSA) is 90.7 Å². The smallest absolute Gasteiger partial charge is 0.229 e. The van der Waals surface area contributed by atoms with Crippen LogP contribution in [0.25, 0.3) is 28.3 Å². The first-order valence-corrected chi connectivity index (χ1v) is 16.8. The highest BCUT2D eigenvalue weighted by Gasteiger charge is 2.23. The summed E-state index contributed by atoms with van der Waals surface area (Å²) in [7, 11) is 4.34. The van der Waals surface area contributed by atoms with Crippen molar-refractivity contribution in [1.82, 2.24) is 29.2 Å². The van der Waals surface area contributed by atoms with E-state index >= 15 is 0 Å². The second-order valence-corrected chi connectivity index (χ2v) is 13.2. The summed E-state index contributed by atoms with van der Waals surface area (Å²) >= 11 is 1.58. The molecule has 1 aliphatic rings. The van der Waals surface area contributed by atoms with E-state index < -0.39 is 0 Å². The molecule has 0 bridgehead atoms. The van der Waals surface area contributed by atoms with Crippen molar-refractivity contribution in [3.8, 4) is 22.6 Å². The Labute approximate surface area is 279 Å². The van der Waals surface area contributed by atoms with Gasteiger partial charge < -0.3 is 20.4 Å². The first-order chi connectivity index (χ1) is 23.0. The van der Waals surface area contributed by atoms with Gasteiger partial charge in [0, 0.05) is 53.3 Å². The number of carbonyl (C=O) groups is 1. The highest BCUT2D eigenvalue weighted by atomic mass is 32.1. The largest absolute Gasteiger partial charge is 0.326 e. The van der Waals surface area contributed by atoms with Gasteiger partial charge in [-0.05, 0) is 93.0 Å². The molecule has 1 aliphatic heterocycles. The fourth-order valence-corrected chi connectivity index (χ4v) is 6.87. The lowest BCUT2D eigenvalue weighted by atomic mass is 10.1. The molecule has 1 amide bonds. The van der Waals surface area contributed by atoms with E-state index in [1.165, 1.54) is 12.0 Å². The Bertz CT molecular complexity index is 1990. The van der Waals surface area contributed by atoms with E-state index in [0.717, 1.165) is 70.6 Å². The number of thiophene rings is 1. The van der Waals surface area contributed by atoms with Crippen molar-refractivity contribution in [2.24, 2.45) is 0 Å². The second-order valence-electron chi connectivity index (χ2n) is 12.2. The Balaban J connectivity index is 1.12. The molecule has 47 heavy (non-hydrogen) atoms. The molecule has 0 aliphatic carbocycles. The molecule has 238 valence electrons. The van der Waals surface area contributed by atoms with E-state index in [9.17, 15) is 4.79 Å². The number of hydrogen-bond donors (Lipinski definition) is 2. The van der Waals surface area contributed by atoms with E-state index in [0.29, 0.717) is 18.4 Å². The minimum absolute atomic E-state index is 0.0515. The molecule has 1 saturated heterocycles. The van der Waals surface area contributed by atoms with E-state index in [1.807, 2.05) is 76.6 Å². The quantitative estimate of drug-likeness (QED) is 0.164. The van der Waals surface area contributed by atoms with Gasteiger partial charge in [0.15, 0.2) is 0 Å². The molecule has 1 fully saturated rings. The number of anilines is 3. The Hall–Kier alpha value is -4.90. The Morgan fingerprint density at radius 3 is 2.72 bits per heavy atom. The average Bonchev–Trinajstić information content (AvgIpc) is 3.85. The predicted octanol–water partition coefficient (Wildman–Crippen LogP) is 6.62. The molecule has 1 atom stereocenters. The van der Waals surface area contributed by atoms with E-state index in [1.54, 1.807) is 17.5 Å². The van der Waals surface area contributed by atoms with Gasteiger partial charge in [0.05, 0.1) is 23.5 Å². The van der Waals surface area contributed by atoms with Crippen molar-refractivity contribution in [3.63, 3.8) is 0 Å². The Morgan fingerprint density at radius 1 is 0.979 bits per heavy atom. The summed E-state index contributed by atoms with van der Waals surface area (Å²) in [5.74, 6) is 0.462. The minimum atomic E-state index is -0.0515. The van der Waals surface area contributed by atoms with Gasteiger partial charge in [0.1, 0.15) is 5.65 Å². The van der Waals surface area contributed by atoms with Crippen molar-refractivity contribution >= 4 is 40.2 Å². The third kappa shape index (κ3) is 7.25. The molecular formula is C37H38N8OS. The molecule has 0 radical (unpaired) electrons. The van der Waals surface area contributed by atoms with Gasteiger partial charge in [0.25, 0.3) is 0 Å². The zero-order valence-corrected chi connectivity index (χ0v) is 27.5. The first-order valence-electron chi connectivity index (χ1n) is 16.0. The van der Waals surface area contributed by atoms with Gasteiger partial charge in [-0.3, -0.25) is 9.20 Å². The van der Waals surface area contributed by atoms with E-state index in [2.05, 4.69) is 63.8 Å². The fourth-order valence-electron chi connectivity index (χ4n) is 6.17. The standard InChI is InChI=1S/C37H38N8OS/c1-43(2)30-16-20-44(25-30)19-15-26-8-5-10-28(22-26)40-37-38-17-14-32(41-37)36-35(42-33-13-3-4-18-45(33)36)27-9-6-11-29(23-27)39-34(46)24-31-12-7-21-47-31/h3-14,17-18,21-23,30H,15-16,19-20,24-25H2,1-2H3,(H,39,46)(H,38,40,41). The van der Waals surface area contributed by atoms with Crippen molar-refractivity contribution in [1.29, 1.82) is 0 Å². The number of hydrogen-bond acceptors (Lipinski definition) is 8. The number of likely N-dealkylation sites (tertiary alicyclic amines) is 1. The number of nitrogens with zero attached hydrogens (tertiary/aromatic N) is 6. The number of nitrogens with one attached hydrogen (secondary N) is 2. The number of benzene rings is 2. The third-order valence-corrected chi connectivity index (χ3v) is 9.52. The number of rotatable bonds is 11. The van der Waals surface area contributed by atoms with Crippen LogP contribution in [-0.2, 0) is 17.6 Å². The Morgan fingerprint density at radius 2 is 1.87 bits per heavy atom. The van der Waals surface area contributed by atoms with Crippen LogP contribution in [0.4, 0.5) is 17.3 Å². The molecule has 6 aromatic rings. The molecule has 4 aromatic heterocycles. The van der Waals surface area contributed by atoms with Crippen LogP contribution in [0.15, 0.2) is 103 Å². The van der Waals surface area contributed by atoms with Gasteiger partial charge in [0.2, 0.25) is 11.9 Å². The molecule has 7 rings (SSSR count). The molecule has 2 N–H and O–H groups in total. The summed E-state index contributed by atoms with van der Waals surface area (Å²) in [6.07, 6.45) is 6.34. The van der Waals surface area contributed by atoms with Crippen molar-refractivity contribution < 1.29 is 4.79 Å². The lowest BCUT2D eigenvalue weighted by Gasteiger charge is -2.20. The van der Waals surface area contributed by atoms with E-state index in [-0.39, 0.29) is 5.91 Å². The molecule has 0 saturated carbocycles. The van der Waals surface area contributed by atoms with Crippen molar-refractivity contribution in [2.75, 3.05) is 44.4 Å². The SMILES string of the molecule is CN(C)C1CCN(CCc2cccc(Nc3nccc(-c4c(-c5cccc(NC(=O)Cc6cccs6)c5)nc5ccccn45)n3)c2)C1. The number of likely N-dealkylation sites (N-methyl/N-ethyl adjacent to an activating group) is 1. The van der Waals surface area contributed by atoms with Crippen LogP contribution in [0.2, 0.25) is 0 Å². The number of carbonyl (C=O) groups excluding carboxylic acids is 1. The van der Waals surface area contributed by atoms with Crippen LogP contribution in [0.1, 0.15) is 16.9 Å². The molecule has 1 unspecified atom stereocenters. The third-order valence-electron chi connectivity index (χ3n) is 8.64. The lowest BCUT2D eigenvalue weighted by Crippen LogP contribution is -2.32. The molecule has 5 heterocycles. The number of fused-ring (bicyclic) bond motifs is 1. The zero-order valence-electron chi connectivity index (χ0n) is 26.6. The summed E-state index contributed by atoms with van der Waals surface area (Å²) in [5.41, 5.74) is 7.01. The fraction of sp³-hybridized carbons (Fsp3) is 0.243. The van der Waals surface area contributed by atoms with Gasteiger partial charge in [-0.15, -0.1) is 11.3 Å². The normalized spacial score (nSPS) is 15.0. The average molecular weight is 643 g/mol. The summed E-state index contributed by atoms with van der Waals surface area (Å²) in [5, 5.41) is 8.46. The maximum atomic E-state index is 12.7. The summed E-state index contributed by atoms with van der Waals surface area (Å²) in [4.78, 5) is 33.2. The molecule has 0 spiro atoms. The molecular weight excluding hydrogens is 605 g/mol. The zero-order chi connectivity index (χ0) is 32.2. The molecule has 10 heteroatoms. The monoisotopic (exact) mass is 642 g/mol. The second kappa shape index (κ2) is 13.8. The van der Waals surface area contributed by atoms with Crippen LogP contribution >= 0.6 is 11.3 Å². The van der Waals surface area contributed by atoms with Crippen LogP contribution in [0.5, 0.6) is 0 Å². The highest BCUT2D eigenvalue weighted by molar-refractivity contribution is 7.10. The van der Waals surface area contributed by atoms with E-state index in [4.69, 9.17) is 9.97 Å². The van der Waals surface area contributed by atoms with Gasteiger partial charge in [-0.2, -0.15) is 0 Å². The van der Waals surface area contributed by atoms with Crippen molar-refractivity contribution in [3.05, 3.63) is 113 Å². The summed E-state index contributed by atoms with van der Waals surface area (Å²) < 4.78 is 2.04. The summed E-state index contributed by atoms with van der Waals surface area (Å²) in [6.45, 7) is 3.34. The highest BCUT2D eigenvalue weighted by Crippen LogP contribution is 2.33. The van der Waals surface area contributed by atoms with Crippen LogP contribution in [0.3, 0.4) is 0 Å². The number of pyridine rings is 1. The summed E-state index contributed by atoms with van der Waals surface area (Å²) in [6, 6.07) is 28.7. The maximum absolute atomic E-state index is 12.7. The van der Waals surface area contributed by atoms with Crippen LogP contribution in [0, 0.1) is 0 Å². The number of aromatic nitrogens is 4. The maximum Gasteiger partial charge on any atom is 0.229 e. The van der Waals surface area contributed by atoms with Crippen LogP contribution < -0.4 is 10.6 Å². The van der Waals surface area contributed by atoms with Crippen molar-refractivity contribution in [2.45, 2.75) is 25.3 Å². The first kappa shape index (κ1) is 30.7. The molecule has 2 aromatic carbocycles. The number of amides is 1. The molecule has 9 nitrogen and oxygen atoms in total. The van der Waals surface area contributed by atoms with Gasteiger partial charge >= 0.3 is 0 Å².